The minimum atomic E-state index is -0.861. The number of carbonyl (C=O) groups is 2. The van der Waals surface area contributed by atoms with Crippen LogP contribution in [0.2, 0.25) is 0 Å². The van der Waals surface area contributed by atoms with E-state index in [9.17, 15) is 14.7 Å². The van der Waals surface area contributed by atoms with E-state index in [1.807, 2.05) is 13.8 Å². The molecule has 1 amide bonds. The number of ketones is 1. The molecule has 1 fully saturated rings. The number of nitrogens with one attached hydrogen (secondary N) is 1. The zero-order valence-electron chi connectivity index (χ0n) is 21.9. The van der Waals surface area contributed by atoms with Crippen LogP contribution in [-0.4, -0.2) is 63.1 Å². The molecule has 0 spiro atoms. The second-order valence-electron chi connectivity index (χ2n) is 8.98. The Balaban J connectivity index is 2.13. The Kier molecular flexibility index (Phi) is 8.98. The van der Waals surface area contributed by atoms with Crippen LogP contribution in [0.15, 0.2) is 48.0 Å². The van der Waals surface area contributed by atoms with Crippen molar-refractivity contribution in [3.8, 4) is 17.2 Å². The van der Waals surface area contributed by atoms with Crippen molar-refractivity contribution in [1.82, 2.24) is 4.90 Å². The van der Waals surface area contributed by atoms with Crippen molar-refractivity contribution in [2.75, 3.05) is 40.4 Å². The predicted octanol–water partition coefficient (Wildman–Crippen LogP) is 1.64. The normalized spacial score (nSPS) is 17.2. The maximum atomic E-state index is 13.7. The number of hydrogen-bond donors (Lipinski definition) is 1. The lowest BCUT2D eigenvalue weighted by molar-refractivity contribution is -0.895. The zero-order valence-corrected chi connectivity index (χ0v) is 21.9. The van der Waals surface area contributed by atoms with Gasteiger partial charge in [-0.15, -0.1) is 0 Å². The van der Waals surface area contributed by atoms with Gasteiger partial charge in [0.1, 0.15) is 17.2 Å². The Hall–Kier alpha value is -3.52. The van der Waals surface area contributed by atoms with Crippen molar-refractivity contribution in [1.29, 1.82) is 0 Å². The van der Waals surface area contributed by atoms with Crippen LogP contribution in [-0.2, 0) is 9.59 Å². The van der Waals surface area contributed by atoms with Gasteiger partial charge in [0, 0.05) is 17.2 Å². The highest BCUT2D eigenvalue weighted by atomic mass is 16.5. The molecule has 0 saturated carbocycles. The summed E-state index contributed by atoms with van der Waals surface area (Å²) in [6.45, 7) is 10.8. The van der Waals surface area contributed by atoms with Crippen LogP contribution >= 0.6 is 0 Å². The van der Waals surface area contributed by atoms with E-state index in [0.29, 0.717) is 41.5 Å². The molecule has 1 aliphatic rings. The summed E-state index contributed by atoms with van der Waals surface area (Å²) in [4.78, 5) is 29.3. The van der Waals surface area contributed by atoms with Gasteiger partial charge in [-0.3, -0.25) is 9.59 Å². The van der Waals surface area contributed by atoms with E-state index in [1.54, 1.807) is 49.6 Å². The number of benzene rings is 2. The monoisotopic (exact) mass is 496 g/mol. The number of hydrogen-bond acceptors (Lipinski definition) is 6. The fourth-order valence-electron chi connectivity index (χ4n) is 4.46. The third-order valence-electron chi connectivity index (χ3n) is 6.46. The molecule has 2 aromatic carbocycles. The molecular formula is C28H36N2O6. The lowest BCUT2D eigenvalue weighted by atomic mass is 9.94. The molecule has 1 heterocycles. The van der Waals surface area contributed by atoms with Gasteiger partial charge < -0.3 is 29.1 Å². The standard InChI is InChI=1S/C28H36N2O6/c1-7-29(8-2)15-16-30-25(22-14-13-21(34-5)17-23(22)35-6)24(27(32)28(30)33)26(31)19-9-11-20(12-10-19)36-18(3)4/h9-14,17-18,25,31H,7-8,15-16H2,1-6H3. The van der Waals surface area contributed by atoms with Crippen LogP contribution in [0, 0.1) is 0 Å². The maximum absolute atomic E-state index is 13.7. The molecule has 0 bridgehead atoms. The Labute approximate surface area is 213 Å². The highest BCUT2D eigenvalue weighted by Crippen LogP contribution is 2.43. The summed E-state index contributed by atoms with van der Waals surface area (Å²) >= 11 is 0. The first kappa shape index (κ1) is 27.1. The van der Waals surface area contributed by atoms with Crippen molar-refractivity contribution >= 4 is 17.4 Å². The van der Waals surface area contributed by atoms with E-state index >= 15 is 0 Å². The van der Waals surface area contributed by atoms with Crippen LogP contribution in [0.3, 0.4) is 0 Å². The molecule has 0 aliphatic carbocycles. The number of methoxy groups -OCH3 is 2. The number of likely N-dealkylation sites (tertiary alicyclic amines) is 1. The second-order valence-corrected chi connectivity index (χ2v) is 8.98. The van der Waals surface area contributed by atoms with E-state index in [2.05, 4.69) is 13.8 Å². The van der Waals surface area contributed by atoms with E-state index in [-0.39, 0.29) is 11.7 Å². The molecule has 194 valence electrons. The van der Waals surface area contributed by atoms with Crippen molar-refractivity contribution in [3.05, 3.63) is 59.2 Å². The number of amides is 1. The van der Waals surface area contributed by atoms with Crippen molar-refractivity contribution in [2.45, 2.75) is 39.8 Å². The number of carbonyl (C=O) groups excluding carboxylic acids is 2. The quantitative estimate of drug-likeness (QED) is 0.289. The molecule has 1 aliphatic heterocycles. The van der Waals surface area contributed by atoms with Gasteiger partial charge >= 0.3 is 0 Å². The minimum absolute atomic E-state index is 0.0108. The van der Waals surface area contributed by atoms with Gasteiger partial charge in [0.15, 0.2) is 0 Å². The number of quaternary nitrogens is 1. The van der Waals surface area contributed by atoms with E-state index in [0.717, 1.165) is 13.1 Å². The van der Waals surface area contributed by atoms with Crippen LogP contribution in [0.5, 0.6) is 17.2 Å². The van der Waals surface area contributed by atoms with E-state index in [4.69, 9.17) is 14.2 Å². The van der Waals surface area contributed by atoms with Gasteiger partial charge in [-0.25, -0.2) is 0 Å². The largest absolute Gasteiger partial charge is 0.872 e. The SMILES string of the molecule is CC[NH+](CC)CCN1C(=O)C(=O)C(=C([O-])c2ccc(OC(C)C)cc2)C1c1ccc(OC)cc1OC. The predicted molar refractivity (Wildman–Crippen MR) is 135 cm³/mol. The van der Waals surface area contributed by atoms with Crippen molar-refractivity contribution in [2.24, 2.45) is 0 Å². The molecule has 1 N–H and O–H groups in total. The summed E-state index contributed by atoms with van der Waals surface area (Å²) in [7, 11) is 3.06. The summed E-state index contributed by atoms with van der Waals surface area (Å²) in [5, 5.41) is 13.7. The summed E-state index contributed by atoms with van der Waals surface area (Å²) in [6.07, 6.45) is -0.0108. The number of Topliss-reactive ketones (excluding diaryl/α,β-unsaturated/α-hetero) is 1. The van der Waals surface area contributed by atoms with Crippen molar-refractivity contribution < 1.29 is 33.8 Å². The molecule has 8 heteroatoms. The number of likely N-dealkylation sites (N-methyl/N-ethyl adjacent to an activating group) is 1. The van der Waals surface area contributed by atoms with Gasteiger partial charge in [-0.1, -0.05) is 17.9 Å². The molecular weight excluding hydrogens is 460 g/mol. The lowest BCUT2D eigenvalue weighted by Crippen LogP contribution is -3.12. The zero-order chi connectivity index (χ0) is 26.4. The van der Waals surface area contributed by atoms with Crippen LogP contribution in [0.1, 0.15) is 44.9 Å². The van der Waals surface area contributed by atoms with E-state index < -0.39 is 23.5 Å². The van der Waals surface area contributed by atoms with Crippen LogP contribution < -0.4 is 24.2 Å². The Bertz CT molecular complexity index is 1110. The molecule has 2 aromatic rings. The smallest absolute Gasteiger partial charge is 0.295 e. The molecule has 1 unspecified atom stereocenters. The number of rotatable bonds is 11. The fourth-order valence-corrected chi connectivity index (χ4v) is 4.46. The highest BCUT2D eigenvalue weighted by Gasteiger charge is 2.45. The van der Waals surface area contributed by atoms with Gasteiger partial charge in [0.05, 0.1) is 52.5 Å². The molecule has 3 rings (SSSR count). The van der Waals surface area contributed by atoms with Crippen LogP contribution in [0.25, 0.3) is 5.76 Å². The average molecular weight is 497 g/mol. The Morgan fingerprint density at radius 3 is 2.19 bits per heavy atom. The first-order chi connectivity index (χ1) is 17.2. The molecule has 0 aromatic heterocycles. The summed E-state index contributed by atoms with van der Waals surface area (Å²) < 4.78 is 16.6. The second kappa shape index (κ2) is 11.9. The molecule has 36 heavy (non-hydrogen) atoms. The average Bonchev–Trinajstić information content (AvgIpc) is 3.13. The Morgan fingerprint density at radius 1 is 1.00 bits per heavy atom. The first-order valence-electron chi connectivity index (χ1n) is 12.3. The summed E-state index contributed by atoms with van der Waals surface area (Å²) in [5.41, 5.74) is 0.807. The number of ether oxygens (including phenoxy) is 3. The lowest BCUT2D eigenvalue weighted by Gasteiger charge is -2.29. The third kappa shape index (κ3) is 5.65. The number of nitrogens with zero attached hydrogens (tertiary/aromatic N) is 1. The van der Waals surface area contributed by atoms with Crippen LogP contribution in [0.4, 0.5) is 0 Å². The topological polar surface area (TPSA) is 92.6 Å². The fraction of sp³-hybridized carbons (Fsp3) is 0.429. The summed E-state index contributed by atoms with van der Waals surface area (Å²) in [5.74, 6) is -0.304. The maximum Gasteiger partial charge on any atom is 0.295 e. The molecule has 0 radical (unpaired) electrons. The van der Waals surface area contributed by atoms with Gasteiger partial charge in [0.25, 0.3) is 5.91 Å². The van der Waals surface area contributed by atoms with Gasteiger partial charge in [-0.2, -0.15) is 0 Å². The van der Waals surface area contributed by atoms with Gasteiger partial charge in [0.2, 0.25) is 5.78 Å². The van der Waals surface area contributed by atoms with E-state index in [1.165, 1.54) is 16.9 Å². The minimum Gasteiger partial charge on any atom is -0.872 e. The first-order valence-corrected chi connectivity index (χ1v) is 12.3. The highest BCUT2D eigenvalue weighted by molar-refractivity contribution is 6.46. The van der Waals surface area contributed by atoms with Crippen molar-refractivity contribution in [3.63, 3.8) is 0 Å². The molecule has 8 nitrogen and oxygen atoms in total. The Morgan fingerprint density at radius 2 is 1.64 bits per heavy atom. The summed E-state index contributed by atoms with van der Waals surface area (Å²) in [6, 6.07) is 10.9. The molecule has 1 atom stereocenters. The third-order valence-corrected chi connectivity index (χ3v) is 6.46. The molecule has 1 saturated heterocycles. The van der Waals surface area contributed by atoms with Gasteiger partial charge in [-0.05, 0) is 57.5 Å².